The highest BCUT2D eigenvalue weighted by Crippen LogP contribution is 2.34. The van der Waals surface area contributed by atoms with Gasteiger partial charge in [-0.15, -0.1) is 0 Å². The summed E-state index contributed by atoms with van der Waals surface area (Å²) in [6.07, 6.45) is 2.25. The second-order valence-electron chi connectivity index (χ2n) is 8.99. The van der Waals surface area contributed by atoms with Crippen LogP contribution in [0.5, 0.6) is 5.75 Å². The molecule has 184 valence electrons. The van der Waals surface area contributed by atoms with Crippen LogP contribution in [-0.2, 0) is 14.4 Å². The molecule has 8 heteroatoms. The lowest BCUT2D eigenvalue weighted by atomic mass is 9.98. The molecule has 0 saturated carbocycles. The third-order valence-electron chi connectivity index (χ3n) is 6.64. The van der Waals surface area contributed by atoms with E-state index in [0.717, 1.165) is 35.4 Å². The Hall–Kier alpha value is -3.68. The third-order valence-corrected chi connectivity index (χ3v) is 6.64. The van der Waals surface area contributed by atoms with Gasteiger partial charge in [-0.3, -0.25) is 14.4 Å². The molecule has 0 bridgehead atoms. The standard InChI is InChI=1S/C27H32N4O4/c1-19(32)30-16-14-22(15-17-30)28-26(33)12-13-27(34)31-25(21-8-10-23(35-2)11-9-21)18-24(29-31)20-6-4-3-5-7-20/h3-11,22,25H,12-18H2,1-2H3,(H,28,33). The number of methoxy groups -OCH3 is 1. The zero-order valence-electron chi connectivity index (χ0n) is 20.3. The summed E-state index contributed by atoms with van der Waals surface area (Å²) in [4.78, 5) is 39.0. The number of hydrogen-bond acceptors (Lipinski definition) is 5. The predicted molar refractivity (Wildman–Crippen MR) is 133 cm³/mol. The lowest BCUT2D eigenvalue weighted by Gasteiger charge is -2.31. The molecule has 1 unspecified atom stereocenters. The van der Waals surface area contributed by atoms with Gasteiger partial charge in [0.1, 0.15) is 5.75 Å². The number of ether oxygens (including phenoxy) is 1. The number of likely N-dealkylation sites (tertiary alicyclic amines) is 1. The Bertz CT molecular complexity index is 1080. The van der Waals surface area contributed by atoms with Crippen molar-refractivity contribution in [1.29, 1.82) is 0 Å². The average Bonchev–Trinajstić information content (AvgIpc) is 3.34. The lowest BCUT2D eigenvalue weighted by Crippen LogP contribution is -2.46. The Morgan fingerprint density at radius 3 is 2.31 bits per heavy atom. The van der Waals surface area contributed by atoms with E-state index in [1.54, 1.807) is 18.9 Å². The van der Waals surface area contributed by atoms with Gasteiger partial charge in [0.15, 0.2) is 0 Å². The predicted octanol–water partition coefficient (Wildman–Crippen LogP) is 3.28. The largest absolute Gasteiger partial charge is 0.497 e. The fourth-order valence-electron chi connectivity index (χ4n) is 4.60. The van der Waals surface area contributed by atoms with E-state index in [2.05, 4.69) is 10.4 Å². The van der Waals surface area contributed by atoms with Crippen molar-refractivity contribution in [2.24, 2.45) is 5.10 Å². The Morgan fingerprint density at radius 1 is 1.00 bits per heavy atom. The summed E-state index contributed by atoms with van der Waals surface area (Å²) in [5, 5.41) is 9.22. The van der Waals surface area contributed by atoms with Crippen LogP contribution in [0.3, 0.4) is 0 Å². The maximum Gasteiger partial charge on any atom is 0.243 e. The molecule has 3 amide bonds. The average molecular weight is 477 g/mol. The molecule has 4 rings (SSSR count). The van der Waals surface area contributed by atoms with Crippen LogP contribution in [0.2, 0.25) is 0 Å². The minimum atomic E-state index is -0.234. The number of nitrogens with zero attached hydrogens (tertiary/aromatic N) is 3. The van der Waals surface area contributed by atoms with E-state index in [-0.39, 0.29) is 42.6 Å². The molecular formula is C27H32N4O4. The lowest BCUT2D eigenvalue weighted by molar-refractivity contribution is -0.135. The van der Waals surface area contributed by atoms with Crippen LogP contribution in [-0.4, -0.2) is 59.6 Å². The van der Waals surface area contributed by atoms with Crippen molar-refractivity contribution >= 4 is 23.4 Å². The number of hydrazone groups is 1. The summed E-state index contributed by atoms with van der Waals surface area (Å²) in [6, 6.07) is 17.3. The molecule has 2 aromatic carbocycles. The van der Waals surface area contributed by atoms with Crippen LogP contribution in [0.1, 0.15) is 56.2 Å². The maximum absolute atomic E-state index is 13.2. The number of hydrogen-bond donors (Lipinski definition) is 1. The van der Waals surface area contributed by atoms with Crippen LogP contribution >= 0.6 is 0 Å². The van der Waals surface area contributed by atoms with Gasteiger partial charge in [0, 0.05) is 45.3 Å². The van der Waals surface area contributed by atoms with Gasteiger partial charge in [-0.1, -0.05) is 42.5 Å². The zero-order chi connectivity index (χ0) is 24.8. The SMILES string of the molecule is COc1ccc(C2CC(c3ccccc3)=NN2C(=O)CCC(=O)NC2CCN(C(C)=O)CC2)cc1. The fourth-order valence-corrected chi connectivity index (χ4v) is 4.60. The molecule has 0 aromatic heterocycles. The second-order valence-corrected chi connectivity index (χ2v) is 8.99. The summed E-state index contributed by atoms with van der Waals surface area (Å²) in [6.45, 7) is 2.86. The number of piperidine rings is 1. The third kappa shape index (κ3) is 6.07. The van der Waals surface area contributed by atoms with Crippen molar-refractivity contribution in [3.05, 3.63) is 65.7 Å². The van der Waals surface area contributed by atoms with Gasteiger partial charge in [-0.2, -0.15) is 5.10 Å². The normalized spacial score (nSPS) is 18.2. The molecule has 2 aliphatic heterocycles. The number of rotatable bonds is 7. The molecule has 1 atom stereocenters. The molecule has 1 fully saturated rings. The van der Waals surface area contributed by atoms with Gasteiger partial charge >= 0.3 is 0 Å². The van der Waals surface area contributed by atoms with Crippen molar-refractivity contribution in [2.75, 3.05) is 20.2 Å². The molecule has 0 aliphatic carbocycles. The number of amides is 3. The molecular weight excluding hydrogens is 444 g/mol. The first-order chi connectivity index (χ1) is 16.9. The number of carbonyl (C=O) groups excluding carboxylic acids is 3. The highest BCUT2D eigenvalue weighted by Gasteiger charge is 2.33. The minimum Gasteiger partial charge on any atom is -0.497 e. The van der Waals surface area contributed by atoms with Crippen molar-refractivity contribution < 1.29 is 19.1 Å². The van der Waals surface area contributed by atoms with Gasteiger partial charge in [0.05, 0.1) is 18.9 Å². The molecule has 0 radical (unpaired) electrons. The van der Waals surface area contributed by atoms with Crippen molar-refractivity contribution in [3.63, 3.8) is 0 Å². The van der Waals surface area contributed by atoms with Gasteiger partial charge < -0.3 is 15.0 Å². The molecule has 1 saturated heterocycles. The van der Waals surface area contributed by atoms with Gasteiger partial charge in [0.25, 0.3) is 0 Å². The zero-order valence-corrected chi connectivity index (χ0v) is 20.3. The molecule has 2 aliphatic rings. The second kappa shape index (κ2) is 11.2. The smallest absolute Gasteiger partial charge is 0.243 e. The highest BCUT2D eigenvalue weighted by molar-refractivity contribution is 6.03. The number of carbonyl (C=O) groups is 3. The van der Waals surface area contributed by atoms with Crippen LogP contribution < -0.4 is 10.1 Å². The molecule has 2 heterocycles. The van der Waals surface area contributed by atoms with E-state index in [9.17, 15) is 14.4 Å². The summed E-state index contributed by atoms with van der Waals surface area (Å²) in [5.41, 5.74) is 2.80. The molecule has 1 N–H and O–H groups in total. The summed E-state index contributed by atoms with van der Waals surface area (Å²) < 4.78 is 5.27. The number of benzene rings is 2. The van der Waals surface area contributed by atoms with Crippen LogP contribution in [0, 0.1) is 0 Å². The summed E-state index contributed by atoms with van der Waals surface area (Å²) in [7, 11) is 1.62. The van der Waals surface area contributed by atoms with E-state index < -0.39 is 0 Å². The Kier molecular flexibility index (Phi) is 7.80. The quantitative estimate of drug-likeness (QED) is 0.664. The first-order valence-electron chi connectivity index (χ1n) is 12.1. The Morgan fingerprint density at radius 2 is 1.69 bits per heavy atom. The van der Waals surface area contributed by atoms with Crippen LogP contribution in [0.4, 0.5) is 0 Å². The fraction of sp³-hybridized carbons (Fsp3) is 0.407. The molecule has 2 aromatic rings. The van der Waals surface area contributed by atoms with Crippen LogP contribution in [0.25, 0.3) is 0 Å². The first-order valence-corrected chi connectivity index (χ1v) is 12.1. The van der Waals surface area contributed by atoms with E-state index in [4.69, 9.17) is 4.74 Å². The van der Waals surface area contributed by atoms with Gasteiger partial charge in [-0.25, -0.2) is 5.01 Å². The summed E-state index contributed by atoms with van der Waals surface area (Å²) in [5.74, 6) is 0.484. The Labute approximate surface area is 205 Å². The van der Waals surface area contributed by atoms with Gasteiger partial charge in [-0.05, 0) is 36.1 Å². The first kappa shape index (κ1) is 24.4. The summed E-state index contributed by atoms with van der Waals surface area (Å²) >= 11 is 0. The van der Waals surface area contributed by atoms with E-state index in [1.807, 2.05) is 54.6 Å². The van der Waals surface area contributed by atoms with Crippen molar-refractivity contribution in [1.82, 2.24) is 15.2 Å². The maximum atomic E-state index is 13.2. The monoisotopic (exact) mass is 476 g/mol. The van der Waals surface area contributed by atoms with Crippen molar-refractivity contribution in [2.45, 2.75) is 51.1 Å². The topological polar surface area (TPSA) is 91.3 Å². The van der Waals surface area contributed by atoms with Gasteiger partial charge in [0.2, 0.25) is 17.7 Å². The molecule has 0 spiro atoms. The highest BCUT2D eigenvalue weighted by atomic mass is 16.5. The number of nitrogens with one attached hydrogen (secondary N) is 1. The van der Waals surface area contributed by atoms with E-state index >= 15 is 0 Å². The van der Waals surface area contributed by atoms with E-state index in [1.165, 1.54) is 5.01 Å². The van der Waals surface area contributed by atoms with E-state index in [0.29, 0.717) is 19.5 Å². The van der Waals surface area contributed by atoms with Crippen molar-refractivity contribution in [3.8, 4) is 5.75 Å². The molecule has 35 heavy (non-hydrogen) atoms. The minimum absolute atomic E-state index is 0.0368. The molecule has 8 nitrogen and oxygen atoms in total. The van der Waals surface area contributed by atoms with Crippen LogP contribution in [0.15, 0.2) is 59.7 Å². The Balaban J connectivity index is 1.39.